The Balaban J connectivity index is 1.57. The molecule has 1 saturated heterocycles. The lowest BCUT2D eigenvalue weighted by molar-refractivity contribution is 0.0334. The maximum Gasteiger partial charge on any atom is 0.375 e. The molecule has 4 rings (SSSR count). The fourth-order valence-corrected chi connectivity index (χ4v) is 4.55. The Morgan fingerprint density at radius 3 is 2.00 bits per heavy atom. The molecule has 7 nitrogen and oxygen atoms in total. The predicted molar refractivity (Wildman–Crippen MR) is 108 cm³/mol. The fraction of sp³-hybridized carbons (Fsp3) is 0.227. The van der Waals surface area contributed by atoms with E-state index in [0.717, 1.165) is 11.1 Å². The van der Waals surface area contributed by atoms with Crippen molar-refractivity contribution >= 4 is 16.0 Å². The number of morpholine rings is 1. The standard InChI is InChI=1S/C22H21NO6S/c24-22(19-11-12-20(28-19)30(25,26)23-13-15-27-16-14-23)29-21(17-7-3-1-4-8-17)18-9-5-2-6-10-18/h1-12,21H,13-16H2. The van der Waals surface area contributed by atoms with Crippen LogP contribution in [-0.2, 0) is 19.5 Å². The van der Waals surface area contributed by atoms with Gasteiger partial charge in [0.25, 0.3) is 10.0 Å². The van der Waals surface area contributed by atoms with Crippen LogP contribution in [0, 0.1) is 0 Å². The van der Waals surface area contributed by atoms with Crippen LogP contribution in [0.3, 0.4) is 0 Å². The summed E-state index contributed by atoms with van der Waals surface area (Å²) in [5.41, 5.74) is 1.59. The number of benzene rings is 2. The van der Waals surface area contributed by atoms with Crippen LogP contribution >= 0.6 is 0 Å². The Labute approximate surface area is 174 Å². The Hall–Kier alpha value is -2.94. The van der Waals surface area contributed by atoms with Crippen LogP contribution in [0.15, 0.2) is 82.3 Å². The zero-order valence-corrected chi connectivity index (χ0v) is 17.0. The Morgan fingerprint density at radius 1 is 0.867 bits per heavy atom. The number of furan rings is 1. The van der Waals surface area contributed by atoms with E-state index in [1.165, 1.54) is 16.4 Å². The van der Waals surface area contributed by atoms with Crippen molar-refractivity contribution in [1.82, 2.24) is 4.31 Å². The molecule has 0 unspecified atom stereocenters. The number of carbonyl (C=O) groups excluding carboxylic acids is 1. The molecule has 0 bridgehead atoms. The highest BCUT2D eigenvalue weighted by atomic mass is 32.2. The molecule has 1 fully saturated rings. The molecule has 0 saturated carbocycles. The number of nitrogens with zero attached hydrogens (tertiary/aromatic N) is 1. The van der Waals surface area contributed by atoms with Crippen LogP contribution in [0.1, 0.15) is 27.8 Å². The number of sulfonamides is 1. The topological polar surface area (TPSA) is 86.1 Å². The molecule has 1 aliphatic heterocycles. The predicted octanol–water partition coefficient (Wildman–Crippen LogP) is 3.25. The second-order valence-corrected chi connectivity index (χ2v) is 8.61. The molecular weight excluding hydrogens is 406 g/mol. The van der Waals surface area contributed by atoms with Crippen molar-refractivity contribution in [3.05, 3.63) is 89.7 Å². The van der Waals surface area contributed by atoms with Crippen molar-refractivity contribution < 1.29 is 27.1 Å². The monoisotopic (exact) mass is 427 g/mol. The summed E-state index contributed by atoms with van der Waals surface area (Å²) < 4.78 is 43.0. The smallest absolute Gasteiger partial charge is 0.375 e. The summed E-state index contributed by atoms with van der Waals surface area (Å²) in [5, 5.41) is -0.285. The summed E-state index contributed by atoms with van der Waals surface area (Å²) >= 11 is 0. The highest BCUT2D eigenvalue weighted by Gasteiger charge is 2.31. The lowest BCUT2D eigenvalue weighted by atomic mass is 10.0. The zero-order chi connectivity index (χ0) is 21.0. The van der Waals surface area contributed by atoms with Crippen molar-refractivity contribution in [2.75, 3.05) is 26.3 Å². The largest absolute Gasteiger partial charge is 0.447 e. The molecule has 1 aliphatic rings. The fourth-order valence-electron chi connectivity index (χ4n) is 3.23. The third-order valence-corrected chi connectivity index (χ3v) is 6.55. The van der Waals surface area contributed by atoms with Crippen LogP contribution in [0.25, 0.3) is 0 Å². The molecule has 156 valence electrons. The van der Waals surface area contributed by atoms with Crippen molar-refractivity contribution in [2.45, 2.75) is 11.2 Å². The molecule has 2 heterocycles. The molecule has 8 heteroatoms. The first-order valence-corrected chi connectivity index (χ1v) is 11.0. The first kappa shape index (κ1) is 20.3. The van der Waals surface area contributed by atoms with Gasteiger partial charge in [-0.1, -0.05) is 60.7 Å². The molecule has 2 aromatic carbocycles. The van der Waals surface area contributed by atoms with Gasteiger partial charge in [-0.05, 0) is 23.3 Å². The summed E-state index contributed by atoms with van der Waals surface area (Å²) in [6.45, 7) is 1.13. The molecule has 0 radical (unpaired) electrons. The van der Waals surface area contributed by atoms with Crippen molar-refractivity contribution in [1.29, 1.82) is 0 Å². The number of ether oxygens (including phenoxy) is 2. The van der Waals surface area contributed by atoms with Gasteiger partial charge in [0.05, 0.1) is 13.2 Å². The first-order chi connectivity index (χ1) is 14.6. The van der Waals surface area contributed by atoms with E-state index in [0.29, 0.717) is 13.2 Å². The van der Waals surface area contributed by atoms with Gasteiger partial charge in [-0.15, -0.1) is 0 Å². The van der Waals surface area contributed by atoms with Gasteiger partial charge < -0.3 is 13.9 Å². The zero-order valence-electron chi connectivity index (χ0n) is 16.1. The lowest BCUT2D eigenvalue weighted by Gasteiger charge is -2.24. The number of hydrogen-bond donors (Lipinski definition) is 0. The van der Waals surface area contributed by atoms with E-state index in [-0.39, 0.29) is 23.9 Å². The van der Waals surface area contributed by atoms with Crippen LogP contribution < -0.4 is 0 Å². The van der Waals surface area contributed by atoms with E-state index < -0.39 is 22.1 Å². The second kappa shape index (κ2) is 8.83. The molecule has 0 N–H and O–H groups in total. The number of carbonyl (C=O) groups is 1. The van der Waals surface area contributed by atoms with E-state index in [1.807, 2.05) is 60.7 Å². The molecule has 30 heavy (non-hydrogen) atoms. The Kier molecular flexibility index (Phi) is 5.98. The first-order valence-electron chi connectivity index (χ1n) is 9.54. The third-order valence-electron chi connectivity index (χ3n) is 4.78. The van der Waals surface area contributed by atoms with Gasteiger partial charge in [0.15, 0.2) is 6.10 Å². The van der Waals surface area contributed by atoms with Gasteiger partial charge in [-0.3, -0.25) is 0 Å². The minimum atomic E-state index is -3.83. The van der Waals surface area contributed by atoms with Gasteiger partial charge in [0.1, 0.15) is 0 Å². The SMILES string of the molecule is O=C(OC(c1ccccc1)c1ccccc1)c1ccc(S(=O)(=O)N2CCOCC2)o1. The summed E-state index contributed by atoms with van der Waals surface area (Å²) in [6, 6.07) is 21.2. The van der Waals surface area contributed by atoms with Crippen molar-refractivity contribution in [3.63, 3.8) is 0 Å². The van der Waals surface area contributed by atoms with E-state index in [1.54, 1.807) is 0 Å². The molecule has 0 atom stereocenters. The summed E-state index contributed by atoms with van der Waals surface area (Å²) in [5.74, 6) is -0.908. The van der Waals surface area contributed by atoms with Gasteiger partial charge in [0, 0.05) is 13.1 Å². The Bertz CT molecular complexity index is 1050. The summed E-state index contributed by atoms with van der Waals surface area (Å²) in [7, 11) is -3.83. The maximum absolute atomic E-state index is 12.8. The molecule has 3 aromatic rings. The molecule has 0 amide bonds. The van der Waals surface area contributed by atoms with Gasteiger partial charge in [-0.25, -0.2) is 13.2 Å². The average molecular weight is 427 g/mol. The lowest BCUT2D eigenvalue weighted by Crippen LogP contribution is -2.40. The van der Waals surface area contributed by atoms with E-state index >= 15 is 0 Å². The van der Waals surface area contributed by atoms with Gasteiger partial charge in [-0.2, -0.15) is 4.31 Å². The van der Waals surface area contributed by atoms with Gasteiger partial charge in [0.2, 0.25) is 10.9 Å². The minimum absolute atomic E-state index is 0.168. The third kappa shape index (κ3) is 4.30. The van der Waals surface area contributed by atoms with Gasteiger partial charge >= 0.3 is 5.97 Å². The molecule has 0 spiro atoms. The number of hydrogen-bond acceptors (Lipinski definition) is 6. The highest BCUT2D eigenvalue weighted by molar-refractivity contribution is 7.89. The maximum atomic E-state index is 12.8. The van der Waals surface area contributed by atoms with Crippen LogP contribution in [-0.4, -0.2) is 45.0 Å². The summed E-state index contributed by atoms with van der Waals surface area (Å²) in [6.07, 6.45) is -0.649. The average Bonchev–Trinajstić information content (AvgIpc) is 3.31. The number of rotatable bonds is 6. The molecular formula is C22H21NO6S. The normalized spacial score (nSPS) is 15.2. The van der Waals surface area contributed by atoms with Crippen molar-refractivity contribution in [2.24, 2.45) is 0 Å². The van der Waals surface area contributed by atoms with Crippen molar-refractivity contribution in [3.8, 4) is 0 Å². The highest BCUT2D eigenvalue weighted by Crippen LogP contribution is 2.28. The van der Waals surface area contributed by atoms with E-state index in [2.05, 4.69) is 0 Å². The molecule has 0 aliphatic carbocycles. The van der Waals surface area contributed by atoms with Crippen LogP contribution in [0.4, 0.5) is 0 Å². The second-order valence-electron chi connectivity index (χ2n) is 6.74. The summed E-state index contributed by atoms with van der Waals surface area (Å²) in [4.78, 5) is 12.8. The van der Waals surface area contributed by atoms with Crippen LogP contribution in [0.2, 0.25) is 0 Å². The number of esters is 1. The van der Waals surface area contributed by atoms with E-state index in [4.69, 9.17) is 13.9 Å². The quantitative estimate of drug-likeness (QED) is 0.562. The van der Waals surface area contributed by atoms with Crippen LogP contribution in [0.5, 0.6) is 0 Å². The van der Waals surface area contributed by atoms with E-state index in [9.17, 15) is 13.2 Å². The molecule has 1 aromatic heterocycles. The Morgan fingerprint density at radius 2 is 1.43 bits per heavy atom. The minimum Gasteiger partial charge on any atom is -0.447 e.